The van der Waals surface area contributed by atoms with Crippen LogP contribution in [-0.2, 0) is 10.3 Å². The molecular weight excluding hydrogens is 230 g/mol. The lowest BCUT2D eigenvalue weighted by molar-refractivity contribution is -0.129. The zero-order valence-electron chi connectivity index (χ0n) is 10.3. The molecule has 2 rings (SSSR count). The predicted octanol–water partition coefficient (Wildman–Crippen LogP) is 0.706. The maximum absolute atomic E-state index is 11.6. The van der Waals surface area contributed by atoms with Gasteiger partial charge in [-0.2, -0.15) is 0 Å². The Balaban J connectivity index is 2.04. The van der Waals surface area contributed by atoms with Crippen molar-refractivity contribution in [3.8, 4) is 0 Å². The second kappa shape index (κ2) is 4.78. The summed E-state index contributed by atoms with van der Waals surface area (Å²) in [5.74, 6) is -0.450. The second-order valence-corrected chi connectivity index (χ2v) is 4.66. The molecule has 1 aromatic carbocycles. The Hall–Kier alpha value is -1.88. The molecule has 0 aromatic heterocycles. The van der Waals surface area contributed by atoms with Crippen molar-refractivity contribution in [1.82, 2.24) is 10.6 Å². The minimum atomic E-state index is -0.790. The number of imide groups is 1. The molecule has 0 saturated heterocycles. The van der Waals surface area contributed by atoms with E-state index in [1.54, 1.807) is 0 Å². The van der Waals surface area contributed by atoms with Gasteiger partial charge in [-0.15, -0.1) is 0 Å². The van der Waals surface area contributed by atoms with E-state index in [9.17, 15) is 9.59 Å². The van der Waals surface area contributed by atoms with Crippen molar-refractivity contribution in [3.05, 3.63) is 35.9 Å². The van der Waals surface area contributed by atoms with E-state index in [1.165, 1.54) is 0 Å². The third kappa shape index (κ3) is 2.22. The Labute approximate surface area is 106 Å². The predicted molar refractivity (Wildman–Crippen MR) is 67.6 cm³/mol. The average molecular weight is 247 g/mol. The number of amides is 3. The molecule has 0 radical (unpaired) electrons. The molecule has 18 heavy (non-hydrogen) atoms. The molecule has 5 heteroatoms. The minimum absolute atomic E-state index is 0.162. The van der Waals surface area contributed by atoms with Crippen molar-refractivity contribution in [2.24, 2.45) is 11.7 Å². The van der Waals surface area contributed by atoms with E-state index in [-0.39, 0.29) is 17.4 Å². The van der Waals surface area contributed by atoms with Crippen LogP contribution in [0, 0.1) is 5.92 Å². The molecule has 1 saturated carbocycles. The van der Waals surface area contributed by atoms with Crippen LogP contribution in [0.4, 0.5) is 4.79 Å². The summed E-state index contributed by atoms with van der Waals surface area (Å²) in [6, 6.07) is 9.21. The fourth-order valence-corrected chi connectivity index (χ4v) is 2.53. The van der Waals surface area contributed by atoms with Crippen molar-refractivity contribution in [2.75, 3.05) is 7.05 Å². The maximum atomic E-state index is 11.6. The lowest BCUT2D eigenvalue weighted by atomic mass is 9.64. The van der Waals surface area contributed by atoms with Gasteiger partial charge in [0.2, 0.25) is 5.91 Å². The number of nitrogens with one attached hydrogen (secondary N) is 2. The first-order valence-electron chi connectivity index (χ1n) is 5.92. The first-order chi connectivity index (χ1) is 8.57. The Morgan fingerprint density at radius 3 is 2.39 bits per heavy atom. The number of urea groups is 1. The van der Waals surface area contributed by atoms with Gasteiger partial charge in [0, 0.05) is 11.5 Å². The van der Waals surface area contributed by atoms with Crippen molar-refractivity contribution < 1.29 is 9.59 Å². The van der Waals surface area contributed by atoms with Gasteiger partial charge in [0.05, 0.1) is 0 Å². The third-order valence-electron chi connectivity index (χ3n) is 3.61. The maximum Gasteiger partial charge on any atom is 0.318 e. The second-order valence-electron chi connectivity index (χ2n) is 4.66. The number of nitrogens with two attached hydrogens (primary N) is 1. The smallest absolute Gasteiger partial charge is 0.318 e. The molecule has 4 N–H and O–H groups in total. The van der Waals surface area contributed by atoms with Crippen LogP contribution in [0.5, 0.6) is 0 Å². The summed E-state index contributed by atoms with van der Waals surface area (Å²) in [6.45, 7) is 0. The largest absolute Gasteiger partial charge is 0.351 e. The van der Waals surface area contributed by atoms with Crippen molar-refractivity contribution >= 4 is 11.9 Å². The van der Waals surface area contributed by atoms with E-state index in [1.807, 2.05) is 37.4 Å². The molecule has 0 spiro atoms. The highest BCUT2D eigenvalue weighted by Crippen LogP contribution is 2.45. The normalized spacial score (nSPS) is 26.2. The molecule has 0 aliphatic heterocycles. The fraction of sp³-hybridized carbons (Fsp3) is 0.385. The Morgan fingerprint density at radius 1 is 1.28 bits per heavy atom. The van der Waals surface area contributed by atoms with Crippen LogP contribution in [0.2, 0.25) is 0 Å². The van der Waals surface area contributed by atoms with Crippen LogP contribution < -0.4 is 16.4 Å². The molecule has 5 nitrogen and oxygen atoms in total. The summed E-state index contributed by atoms with van der Waals surface area (Å²) in [5.41, 5.74) is 5.93. The SMILES string of the molecule is CN[C@]1(c2ccccc2)C[C@@H](C(=O)NC(N)=O)C1. The number of hydrogen-bond acceptors (Lipinski definition) is 3. The molecule has 0 unspecified atom stereocenters. The van der Waals surface area contributed by atoms with E-state index < -0.39 is 6.03 Å². The summed E-state index contributed by atoms with van der Waals surface area (Å²) >= 11 is 0. The summed E-state index contributed by atoms with van der Waals surface area (Å²) < 4.78 is 0. The Bertz CT molecular complexity index is 453. The molecule has 1 aliphatic carbocycles. The van der Waals surface area contributed by atoms with Gasteiger partial charge in [0.1, 0.15) is 0 Å². The summed E-state index contributed by atoms with van der Waals surface area (Å²) in [6.07, 6.45) is 1.35. The number of primary amides is 1. The van der Waals surface area contributed by atoms with Crippen LogP contribution in [0.15, 0.2) is 30.3 Å². The fourth-order valence-electron chi connectivity index (χ4n) is 2.53. The van der Waals surface area contributed by atoms with Gasteiger partial charge in [0.15, 0.2) is 0 Å². The molecule has 3 amide bonds. The molecule has 0 bridgehead atoms. The van der Waals surface area contributed by atoms with Crippen LogP contribution in [0.25, 0.3) is 0 Å². The van der Waals surface area contributed by atoms with E-state index in [0.29, 0.717) is 12.8 Å². The highest BCUT2D eigenvalue weighted by atomic mass is 16.2. The number of hydrogen-bond donors (Lipinski definition) is 3. The summed E-state index contributed by atoms with van der Waals surface area (Å²) in [4.78, 5) is 22.3. The highest BCUT2D eigenvalue weighted by Gasteiger charge is 2.47. The van der Waals surface area contributed by atoms with Gasteiger partial charge < -0.3 is 11.1 Å². The van der Waals surface area contributed by atoms with Gasteiger partial charge in [-0.3, -0.25) is 10.1 Å². The zero-order chi connectivity index (χ0) is 13.2. The topological polar surface area (TPSA) is 84.2 Å². The van der Waals surface area contributed by atoms with E-state index >= 15 is 0 Å². The first kappa shape index (κ1) is 12.6. The Morgan fingerprint density at radius 2 is 1.89 bits per heavy atom. The van der Waals surface area contributed by atoms with Crippen molar-refractivity contribution in [1.29, 1.82) is 0 Å². The van der Waals surface area contributed by atoms with Gasteiger partial charge in [0.25, 0.3) is 0 Å². The van der Waals surface area contributed by atoms with E-state index in [2.05, 4.69) is 10.6 Å². The van der Waals surface area contributed by atoms with Crippen molar-refractivity contribution in [2.45, 2.75) is 18.4 Å². The molecular formula is C13H17N3O2. The van der Waals surface area contributed by atoms with E-state index in [0.717, 1.165) is 5.56 Å². The van der Waals surface area contributed by atoms with Gasteiger partial charge in [-0.05, 0) is 25.5 Å². The third-order valence-corrected chi connectivity index (χ3v) is 3.61. The highest BCUT2D eigenvalue weighted by molar-refractivity contribution is 5.95. The van der Waals surface area contributed by atoms with Crippen LogP contribution >= 0.6 is 0 Å². The van der Waals surface area contributed by atoms with Crippen LogP contribution in [-0.4, -0.2) is 19.0 Å². The quantitative estimate of drug-likeness (QED) is 0.735. The van der Waals surface area contributed by atoms with Crippen LogP contribution in [0.1, 0.15) is 18.4 Å². The number of rotatable bonds is 3. The van der Waals surface area contributed by atoms with Crippen LogP contribution in [0.3, 0.4) is 0 Å². The van der Waals surface area contributed by atoms with Gasteiger partial charge >= 0.3 is 6.03 Å². The number of benzene rings is 1. The average Bonchev–Trinajstić information content (AvgIpc) is 2.29. The lowest BCUT2D eigenvalue weighted by Crippen LogP contribution is -2.56. The zero-order valence-corrected chi connectivity index (χ0v) is 10.3. The molecule has 1 aliphatic rings. The van der Waals surface area contributed by atoms with Gasteiger partial charge in [-0.1, -0.05) is 30.3 Å². The minimum Gasteiger partial charge on any atom is -0.351 e. The van der Waals surface area contributed by atoms with Gasteiger partial charge in [-0.25, -0.2) is 4.79 Å². The first-order valence-corrected chi connectivity index (χ1v) is 5.92. The molecule has 1 fully saturated rings. The monoisotopic (exact) mass is 247 g/mol. The molecule has 0 atom stereocenters. The standard InChI is InChI=1S/C13H17N3O2/c1-15-13(10-5-3-2-4-6-10)7-9(8-13)11(17)16-12(14)18/h2-6,9,15H,7-8H2,1H3,(H3,14,16,17,18)/t9-,13-. The molecule has 0 heterocycles. The Kier molecular flexibility index (Phi) is 3.34. The number of carbonyl (C=O) groups is 2. The summed E-state index contributed by atoms with van der Waals surface area (Å²) in [5, 5.41) is 5.40. The number of carbonyl (C=O) groups excluding carboxylic acids is 2. The molecule has 1 aromatic rings. The lowest BCUT2D eigenvalue weighted by Gasteiger charge is -2.47. The summed E-state index contributed by atoms with van der Waals surface area (Å²) in [7, 11) is 1.88. The van der Waals surface area contributed by atoms with Crippen molar-refractivity contribution in [3.63, 3.8) is 0 Å². The molecule has 96 valence electrons. The van der Waals surface area contributed by atoms with E-state index in [4.69, 9.17) is 5.73 Å².